The van der Waals surface area contributed by atoms with Crippen LogP contribution in [0.2, 0.25) is 0 Å². The van der Waals surface area contributed by atoms with Crippen LogP contribution in [0.5, 0.6) is 0 Å². The average molecular weight is 264 g/mol. The zero-order chi connectivity index (χ0) is 12.5. The summed E-state index contributed by atoms with van der Waals surface area (Å²) in [6.45, 7) is 2.40. The molecule has 4 nitrogen and oxygen atoms in total. The number of likely N-dealkylation sites (tertiary alicyclic amines) is 1. The number of rotatable bonds is 2. The molecule has 1 aromatic heterocycles. The number of benzene rings is 1. The van der Waals surface area contributed by atoms with Gasteiger partial charge in [0.2, 0.25) is 0 Å². The van der Waals surface area contributed by atoms with Gasteiger partial charge in [0.1, 0.15) is 0 Å². The quantitative estimate of drug-likeness (QED) is 0.846. The predicted octanol–water partition coefficient (Wildman–Crippen LogP) is 2.38. The molecule has 1 atom stereocenters. The van der Waals surface area contributed by atoms with E-state index in [0.29, 0.717) is 18.1 Å². The van der Waals surface area contributed by atoms with Gasteiger partial charge < -0.3 is 9.52 Å². The summed E-state index contributed by atoms with van der Waals surface area (Å²) in [5.41, 5.74) is 1.84. The molecule has 18 heavy (non-hydrogen) atoms. The molecule has 0 aliphatic carbocycles. The molecule has 5 heteroatoms. The number of aliphatic hydroxyl groups is 1. The first kappa shape index (κ1) is 11.9. The van der Waals surface area contributed by atoms with E-state index in [-0.39, 0.29) is 6.10 Å². The van der Waals surface area contributed by atoms with E-state index >= 15 is 0 Å². The molecule has 0 spiro atoms. The fraction of sp³-hybridized carbons (Fsp3) is 0.462. The largest absolute Gasteiger partial charge is 0.429 e. The second kappa shape index (κ2) is 4.84. The molecule has 1 N–H and O–H groups in total. The molecule has 1 aliphatic rings. The van der Waals surface area contributed by atoms with Gasteiger partial charge in [0, 0.05) is 13.1 Å². The topological polar surface area (TPSA) is 41.5 Å². The first-order chi connectivity index (χ1) is 8.74. The lowest BCUT2D eigenvalue weighted by Crippen LogP contribution is -2.39. The Morgan fingerprint density at radius 3 is 3.06 bits per heavy atom. The number of β-amino-alcohol motifs (C(OH)–C–C–N with tert-alkyl or cyclic N) is 1. The summed E-state index contributed by atoms with van der Waals surface area (Å²) in [4.78, 5) is 2.71. The molecule has 96 valence electrons. The molecule has 2 heterocycles. The number of piperidine rings is 1. The van der Waals surface area contributed by atoms with Gasteiger partial charge >= 0.3 is 0 Å². The van der Waals surface area contributed by atoms with E-state index in [1.54, 1.807) is 0 Å². The maximum atomic E-state index is 9.69. The normalized spacial score (nSPS) is 21.5. The molecule has 1 unspecified atom stereocenters. The monoisotopic (exact) mass is 264 g/mol. The molecule has 0 bridgehead atoms. The number of hydrogen-bond acceptors (Lipinski definition) is 4. The summed E-state index contributed by atoms with van der Waals surface area (Å²) in [7, 11) is 0. The van der Waals surface area contributed by atoms with Gasteiger partial charge in [-0.1, -0.05) is 12.1 Å². The van der Waals surface area contributed by atoms with Crippen molar-refractivity contribution in [3.8, 4) is 0 Å². The van der Waals surface area contributed by atoms with Crippen LogP contribution in [0.4, 0.5) is 0 Å². The third kappa shape index (κ3) is 2.21. The highest BCUT2D eigenvalue weighted by Crippen LogP contribution is 2.19. The lowest BCUT2D eigenvalue weighted by Gasteiger charge is -2.29. The van der Waals surface area contributed by atoms with Crippen LogP contribution in [-0.2, 0) is 6.67 Å². The SMILES string of the molecule is OC1CCCN(Cn2c(=S)oc3ccccc32)C1. The van der Waals surface area contributed by atoms with Crippen LogP contribution in [0, 0.1) is 4.84 Å². The summed E-state index contributed by atoms with van der Waals surface area (Å²) in [5, 5.41) is 9.69. The van der Waals surface area contributed by atoms with Crippen molar-refractivity contribution < 1.29 is 9.52 Å². The number of hydrogen-bond donors (Lipinski definition) is 1. The summed E-state index contributed by atoms with van der Waals surface area (Å²) >= 11 is 5.26. The van der Waals surface area contributed by atoms with Crippen LogP contribution in [-0.4, -0.2) is 33.8 Å². The number of fused-ring (bicyclic) bond motifs is 1. The predicted molar refractivity (Wildman–Crippen MR) is 71.9 cm³/mol. The summed E-state index contributed by atoms with van der Waals surface area (Å²) in [6.07, 6.45) is 1.71. The van der Waals surface area contributed by atoms with E-state index in [4.69, 9.17) is 16.6 Å². The number of oxazole rings is 1. The van der Waals surface area contributed by atoms with Gasteiger partial charge in [0.25, 0.3) is 4.84 Å². The first-order valence-electron chi connectivity index (χ1n) is 6.23. The summed E-state index contributed by atoms with van der Waals surface area (Å²) < 4.78 is 7.54. The van der Waals surface area contributed by atoms with Crippen molar-refractivity contribution >= 4 is 23.3 Å². The maximum absolute atomic E-state index is 9.69. The average Bonchev–Trinajstić information content (AvgIpc) is 2.66. The van der Waals surface area contributed by atoms with Gasteiger partial charge in [-0.25, -0.2) is 0 Å². The molecule has 2 aromatic rings. The van der Waals surface area contributed by atoms with E-state index in [1.165, 1.54) is 0 Å². The summed E-state index contributed by atoms with van der Waals surface area (Å²) in [6, 6.07) is 7.85. The number of aliphatic hydroxyl groups excluding tert-OH is 1. The minimum Gasteiger partial charge on any atom is -0.429 e. The van der Waals surface area contributed by atoms with Crippen LogP contribution in [0.15, 0.2) is 28.7 Å². The molecule has 1 saturated heterocycles. The number of para-hydroxylation sites is 2. The van der Waals surface area contributed by atoms with Crippen molar-refractivity contribution in [3.63, 3.8) is 0 Å². The molecule has 0 amide bonds. The molecule has 3 rings (SSSR count). The second-order valence-electron chi connectivity index (χ2n) is 4.78. The highest BCUT2D eigenvalue weighted by Gasteiger charge is 2.18. The molecule has 1 aliphatic heterocycles. The summed E-state index contributed by atoms with van der Waals surface area (Å²) in [5.74, 6) is 0. The van der Waals surface area contributed by atoms with Gasteiger partial charge in [-0.2, -0.15) is 0 Å². The third-order valence-electron chi connectivity index (χ3n) is 3.40. The van der Waals surface area contributed by atoms with Gasteiger partial charge in [0.05, 0.1) is 18.3 Å². The highest BCUT2D eigenvalue weighted by molar-refractivity contribution is 7.71. The third-order valence-corrected chi connectivity index (χ3v) is 3.70. The van der Waals surface area contributed by atoms with Crippen molar-refractivity contribution in [3.05, 3.63) is 29.1 Å². The smallest absolute Gasteiger partial charge is 0.270 e. The Labute approximate surface area is 110 Å². The second-order valence-corrected chi connectivity index (χ2v) is 5.13. The molecule has 0 radical (unpaired) electrons. The van der Waals surface area contributed by atoms with Gasteiger partial charge in [0.15, 0.2) is 5.58 Å². The molecular weight excluding hydrogens is 248 g/mol. The van der Waals surface area contributed by atoms with E-state index in [0.717, 1.165) is 30.5 Å². The van der Waals surface area contributed by atoms with Crippen LogP contribution >= 0.6 is 12.2 Å². The fourth-order valence-corrected chi connectivity index (χ4v) is 2.75. The highest BCUT2D eigenvalue weighted by atomic mass is 32.1. The lowest BCUT2D eigenvalue weighted by atomic mass is 10.1. The van der Waals surface area contributed by atoms with E-state index in [9.17, 15) is 5.11 Å². The van der Waals surface area contributed by atoms with Crippen LogP contribution in [0.1, 0.15) is 12.8 Å². The molecular formula is C13H16N2O2S. The van der Waals surface area contributed by atoms with Crippen molar-refractivity contribution in [2.75, 3.05) is 13.1 Å². The van der Waals surface area contributed by atoms with E-state index < -0.39 is 0 Å². The number of nitrogens with zero attached hydrogens (tertiary/aromatic N) is 2. The van der Waals surface area contributed by atoms with Gasteiger partial charge in [-0.05, 0) is 37.2 Å². The Kier molecular flexibility index (Phi) is 3.20. The minimum absolute atomic E-state index is 0.217. The Hall–Kier alpha value is -1.17. The first-order valence-corrected chi connectivity index (χ1v) is 6.63. The Bertz CT molecular complexity index is 604. The van der Waals surface area contributed by atoms with Gasteiger partial charge in [-0.3, -0.25) is 9.47 Å². The van der Waals surface area contributed by atoms with Crippen LogP contribution < -0.4 is 0 Å². The molecule has 1 aromatic carbocycles. The standard InChI is InChI=1S/C13H16N2O2S/c16-10-4-3-7-14(8-10)9-15-11-5-1-2-6-12(11)17-13(15)18/h1-2,5-6,10,16H,3-4,7-9H2. The number of aromatic nitrogens is 1. The fourth-order valence-electron chi connectivity index (χ4n) is 2.51. The lowest BCUT2D eigenvalue weighted by molar-refractivity contribution is 0.0542. The van der Waals surface area contributed by atoms with Crippen molar-refractivity contribution in [2.24, 2.45) is 0 Å². The molecule has 0 saturated carbocycles. The van der Waals surface area contributed by atoms with Crippen molar-refractivity contribution in [1.82, 2.24) is 9.47 Å². The maximum Gasteiger partial charge on any atom is 0.270 e. The zero-order valence-electron chi connectivity index (χ0n) is 10.1. The van der Waals surface area contributed by atoms with Gasteiger partial charge in [-0.15, -0.1) is 0 Å². The van der Waals surface area contributed by atoms with Crippen LogP contribution in [0.3, 0.4) is 0 Å². The Balaban J connectivity index is 1.90. The Morgan fingerprint density at radius 1 is 1.39 bits per heavy atom. The molecule has 1 fully saturated rings. The Morgan fingerprint density at radius 2 is 2.22 bits per heavy atom. The van der Waals surface area contributed by atoms with E-state index in [2.05, 4.69) is 4.90 Å². The zero-order valence-corrected chi connectivity index (χ0v) is 10.9. The van der Waals surface area contributed by atoms with E-state index in [1.807, 2.05) is 28.8 Å². The van der Waals surface area contributed by atoms with Crippen LogP contribution in [0.25, 0.3) is 11.1 Å². The van der Waals surface area contributed by atoms with Crippen molar-refractivity contribution in [1.29, 1.82) is 0 Å². The minimum atomic E-state index is -0.217. The van der Waals surface area contributed by atoms with Crippen molar-refractivity contribution in [2.45, 2.75) is 25.6 Å².